The first kappa shape index (κ1) is 10.4. The summed E-state index contributed by atoms with van der Waals surface area (Å²) < 4.78 is 0. The van der Waals surface area contributed by atoms with Crippen LogP contribution < -0.4 is 5.32 Å². The van der Waals surface area contributed by atoms with Crippen LogP contribution in [0.4, 0.5) is 0 Å². The van der Waals surface area contributed by atoms with Gasteiger partial charge >= 0.3 is 0 Å². The van der Waals surface area contributed by atoms with Gasteiger partial charge in [0.05, 0.1) is 5.52 Å². The number of fused-ring (bicyclic) bond motifs is 1. The molecule has 0 unspecified atom stereocenters. The third-order valence-corrected chi connectivity index (χ3v) is 2.72. The quantitative estimate of drug-likeness (QED) is 0.805. The molecule has 3 heteroatoms. The van der Waals surface area contributed by atoms with E-state index in [4.69, 9.17) is 11.6 Å². The molecule has 0 radical (unpaired) electrons. The molecule has 0 atom stereocenters. The molecule has 2 aromatic rings. The molecule has 1 aromatic carbocycles. The smallest absolute Gasteiger partial charge is 0.133 e. The van der Waals surface area contributed by atoms with Crippen molar-refractivity contribution in [1.82, 2.24) is 10.3 Å². The fourth-order valence-electron chi connectivity index (χ4n) is 1.57. The van der Waals surface area contributed by atoms with Crippen molar-refractivity contribution in [2.75, 3.05) is 13.6 Å². The predicted molar refractivity (Wildman–Crippen MR) is 64.4 cm³/mol. The maximum Gasteiger partial charge on any atom is 0.133 e. The van der Waals surface area contributed by atoms with Crippen molar-refractivity contribution < 1.29 is 0 Å². The van der Waals surface area contributed by atoms with Gasteiger partial charge in [-0.15, -0.1) is 0 Å². The summed E-state index contributed by atoms with van der Waals surface area (Å²) in [6.45, 7) is 0.916. The highest BCUT2D eigenvalue weighted by atomic mass is 35.5. The lowest BCUT2D eigenvalue weighted by atomic mass is 10.1. The molecule has 0 aliphatic carbocycles. The molecular formula is C12H13ClN2. The van der Waals surface area contributed by atoms with Crippen LogP contribution in [0.2, 0.25) is 5.15 Å². The Morgan fingerprint density at radius 3 is 2.93 bits per heavy atom. The van der Waals surface area contributed by atoms with Crippen LogP contribution in [0.1, 0.15) is 5.56 Å². The van der Waals surface area contributed by atoms with Crippen molar-refractivity contribution >= 4 is 22.5 Å². The Labute approximate surface area is 94.3 Å². The van der Waals surface area contributed by atoms with Gasteiger partial charge in [0.25, 0.3) is 0 Å². The van der Waals surface area contributed by atoms with Crippen molar-refractivity contribution in [3.05, 3.63) is 41.0 Å². The number of nitrogens with one attached hydrogen (secondary N) is 1. The van der Waals surface area contributed by atoms with Crippen LogP contribution in [0, 0.1) is 0 Å². The van der Waals surface area contributed by atoms with Gasteiger partial charge in [0.1, 0.15) is 5.15 Å². The van der Waals surface area contributed by atoms with E-state index in [0.717, 1.165) is 29.4 Å². The molecule has 2 nitrogen and oxygen atoms in total. The lowest BCUT2D eigenvalue weighted by Crippen LogP contribution is -2.10. The second-order valence-electron chi connectivity index (χ2n) is 3.48. The first-order valence-corrected chi connectivity index (χ1v) is 5.38. The van der Waals surface area contributed by atoms with Gasteiger partial charge in [0.15, 0.2) is 0 Å². The molecule has 0 fully saturated rings. The van der Waals surface area contributed by atoms with E-state index in [1.807, 2.05) is 25.2 Å². The van der Waals surface area contributed by atoms with Crippen molar-refractivity contribution in [3.8, 4) is 0 Å². The summed E-state index contributed by atoms with van der Waals surface area (Å²) in [4.78, 5) is 4.37. The summed E-state index contributed by atoms with van der Waals surface area (Å²) in [6.07, 6.45) is 0.910. The van der Waals surface area contributed by atoms with Crippen LogP contribution in [0.25, 0.3) is 10.9 Å². The molecule has 0 amide bonds. The Balaban J connectivity index is 2.43. The fraction of sp³-hybridized carbons (Fsp3) is 0.250. The summed E-state index contributed by atoms with van der Waals surface area (Å²) in [5.41, 5.74) is 2.06. The highest BCUT2D eigenvalue weighted by Crippen LogP contribution is 2.20. The number of para-hydroxylation sites is 1. The monoisotopic (exact) mass is 220 g/mol. The van der Waals surface area contributed by atoms with E-state index in [1.54, 1.807) is 0 Å². The normalized spacial score (nSPS) is 10.8. The van der Waals surface area contributed by atoms with Gasteiger partial charge in [-0.05, 0) is 37.7 Å². The molecule has 0 aliphatic rings. The summed E-state index contributed by atoms with van der Waals surface area (Å²) in [7, 11) is 1.93. The number of hydrogen-bond donors (Lipinski definition) is 1. The standard InChI is InChI=1S/C12H13ClN2/c1-14-7-6-10-8-9-4-2-3-5-11(9)15-12(10)13/h2-5,8,14H,6-7H2,1H3. The first-order valence-electron chi connectivity index (χ1n) is 5.00. The number of halogens is 1. The third kappa shape index (κ3) is 2.28. The van der Waals surface area contributed by atoms with Crippen molar-refractivity contribution in [2.45, 2.75) is 6.42 Å². The van der Waals surface area contributed by atoms with Crippen LogP contribution in [-0.2, 0) is 6.42 Å². The molecule has 0 saturated heterocycles. The number of pyridine rings is 1. The molecule has 1 heterocycles. The highest BCUT2D eigenvalue weighted by molar-refractivity contribution is 6.30. The fourth-order valence-corrected chi connectivity index (χ4v) is 1.81. The zero-order valence-corrected chi connectivity index (χ0v) is 9.38. The molecule has 2 rings (SSSR count). The van der Waals surface area contributed by atoms with Gasteiger partial charge in [-0.2, -0.15) is 0 Å². The SMILES string of the molecule is CNCCc1cc2ccccc2nc1Cl. The number of hydrogen-bond acceptors (Lipinski definition) is 2. The Hall–Kier alpha value is -1.12. The number of aromatic nitrogens is 1. The Morgan fingerprint density at radius 2 is 2.13 bits per heavy atom. The van der Waals surface area contributed by atoms with E-state index in [2.05, 4.69) is 22.4 Å². The van der Waals surface area contributed by atoms with E-state index < -0.39 is 0 Å². The first-order chi connectivity index (χ1) is 7.31. The summed E-state index contributed by atoms with van der Waals surface area (Å²) in [6, 6.07) is 10.1. The van der Waals surface area contributed by atoms with Gasteiger partial charge in [-0.3, -0.25) is 0 Å². The summed E-state index contributed by atoms with van der Waals surface area (Å²) in [5.74, 6) is 0. The van der Waals surface area contributed by atoms with Crippen LogP contribution in [-0.4, -0.2) is 18.6 Å². The topological polar surface area (TPSA) is 24.9 Å². The Kier molecular flexibility index (Phi) is 3.19. The van der Waals surface area contributed by atoms with Crippen LogP contribution >= 0.6 is 11.6 Å². The van der Waals surface area contributed by atoms with Gasteiger partial charge in [0.2, 0.25) is 0 Å². The van der Waals surface area contributed by atoms with E-state index in [1.165, 1.54) is 0 Å². The highest BCUT2D eigenvalue weighted by Gasteiger charge is 2.03. The molecule has 78 valence electrons. The third-order valence-electron chi connectivity index (χ3n) is 2.39. The Morgan fingerprint density at radius 1 is 1.33 bits per heavy atom. The van der Waals surface area contributed by atoms with E-state index in [0.29, 0.717) is 5.15 Å². The van der Waals surface area contributed by atoms with Crippen LogP contribution in [0.5, 0.6) is 0 Å². The number of benzene rings is 1. The maximum atomic E-state index is 6.10. The minimum absolute atomic E-state index is 0.615. The van der Waals surface area contributed by atoms with E-state index in [9.17, 15) is 0 Å². The van der Waals surface area contributed by atoms with Gasteiger partial charge in [0, 0.05) is 5.39 Å². The lowest BCUT2D eigenvalue weighted by molar-refractivity contribution is 0.790. The largest absolute Gasteiger partial charge is 0.319 e. The van der Waals surface area contributed by atoms with Crippen molar-refractivity contribution in [1.29, 1.82) is 0 Å². The minimum Gasteiger partial charge on any atom is -0.319 e. The average Bonchev–Trinajstić information content (AvgIpc) is 2.26. The number of nitrogens with zero attached hydrogens (tertiary/aromatic N) is 1. The van der Waals surface area contributed by atoms with Crippen molar-refractivity contribution in [2.24, 2.45) is 0 Å². The van der Waals surface area contributed by atoms with Crippen molar-refractivity contribution in [3.63, 3.8) is 0 Å². The second-order valence-corrected chi connectivity index (χ2v) is 3.84. The van der Waals surface area contributed by atoms with Gasteiger partial charge in [-0.25, -0.2) is 4.98 Å². The maximum absolute atomic E-state index is 6.10. The molecule has 0 spiro atoms. The van der Waals surface area contributed by atoms with E-state index >= 15 is 0 Å². The van der Waals surface area contributed by atoms with Gasteiger partial charge in [-0.1, -0.05) is 29.8 Å². The molecule has 0 saturated carbocycles. The Bertz CT molecular complexity index is 468. The number of likely N-dealkylation sites (N-methyl/N-ethyl adjacent to an activating group) is 1. The number of rotatable bonds is 3. The molecule has 0 aliphatic heterocycles. The zero-order chi connectivity index (χ0) is 10.7. The minimum atomic E-state index is 0.615. The summed E-state index contributed by atoms with van der Waals surface area (Å²) in [5, 5.41) is 4.87. The van der Waals surface area contributed by atoms with Crippen LogP contribution in [0.15, 0.2) is 30.3 Å². The lowest BCUT2D eigenvalue weighted by Gasteiger charge is -2.05. The average molecular weight is 221 g/mol. The van der Waals surface area contributed by atoms with Crippen LogP contribution in [0.3, 0.4) is 0 Å². The molecule has 0 bridgehead atoms. The van der Waals surface area contributed by atoms with E-state index in [-0.39, 0.29) is 0 Å². The summed E-state index contributed by atoms with van der Waals surface area (Å²) >= 11 is 6.10. The molecule has 1 N–H and O–H groups in total. The second kappa shape index (κ2) is 4.60. The molecule has 1 aromatic heterocycles. The molecule has 15 heavy (non-hydrogen) atoms. The van der Waals surface area contributed by atoms with Gasteiger partial charge < -0.3 is 5.32 Å². The zero-order valence-electron chi connectivity index (χ0n) is 8.63. The molecular weight excluding hydrogens is 208 g/mol. The predicted octanol–water partition coefficient (Wildman–Crippen LogP) is 2.65.